The van der Waals surface area contributed by atoms with Crippen molar-refractivity contribution in [2.24, 2.45) is 0 Å². The molecule has 190 valence electrons. The SMILES string of the molecule is O=C1Nc2cc(/C=C/CCC(=O)c3nc(Cl)cc(Nc4ccc(F)c(F)c4)n3)ccc2/C1=C/c1cnc[nH]1. The van der Waals surface area contributed by atoms with Gasteiger partial charge in [-0.3, -0.25) is 9.59 Å². The summed E-state index contributed by atoms with van der Waals surface area (Å²) in [4.78, 5) is 40.1. The Balaban J connectivity index is 1.21. The Morgan fingerprint density at radius 1 is 1.08 bits per heavy atom. The van der Waals surface area contributed by atoms with Crippen molar-refractivity contribution in [2.75, 3.05) is 10.6 Å². The molecule has 2 aromatic carbocycles. The molecule has 0 atom stereocenters. The van der Waals surface area contributed by atoms with Gasteiger partial charge in [0.05, 0.1) is 23.8 Å². The fraction of sp³-hybridized carbons (Fsp3) is 0.0741. The quantitative estimate of drug-likeness (QED) is 0.145. The highest BCUT2D eigenvalue weighted by Gasteiger charge is 2.24. The van der Waals surface area contributed by atoms with Gasteiger partial charge in [-0.05, 0) is 36.3 Å². The van der Waals surface area contributed by atoms with Gasteiger partial charge >= 0.3 is 0 Å². The molecule has 1 aliphatic heterocycles. The van der Waals surface area contributed by atoms with Gasteiger partial charge in [0.2, 0.25) is 0 Å². The number of aromatic amines is 1. The lowest BCUT2D eigenvalue weighted by Crippen LogP contribution is -2.07. The molecule has 0 unspecified atom stereocenters. The second-order valence-corrected chi connectivity index (χ2v) is 8.73. The van der Waals surface area contributed by atoms with Crippen LogP contribution in [0, 0.1) is 11.6 Å². The zero-order valence-electron chi connectivity index (χ0n) is 19.6. The normalized spacial score (nSPS) is 13.7. The van der Waals surface area contributed by atoms with Crippen LogP contribution in [0.4, 0.5) is 26.0 Å². The van der Waals surface area contributed by atoms with E-state index in [0.29, 0.717) is 17.7 Å². The van der Waals surface area contributed by atoms with Gasteiger partial charge in [-0.25, -0.2) is 23.7 Å². The second kappa shape index (κ2) is 10.7. The van der Waals surface area contributed by atoms with Gasteiger partial charge in [0.15, 0.2) is 23.2 Å². The molecule has 5 rings (SSSR count). The number of carbonyl (C=O) groups is 2. The molecule has 1 aliphatic rings. The summed E-state index contributed by atoms with van der Waals surface area (Å²) >= 11 is 6.03. The van der Waals surface area contributed by atoms with Crippen molar-refractivity contribution in [3.05, 3.63) is 100 Å². The number of halogens is 3. The number of allylic oxidation sites excluding steroid dienone is 1. The zero-order valence-corrected chi connectivity index (χ0v) is 20.4. The lowest BCUT2D eigenvalue weighted by molar-refractivity contribution is -0.110. The highest BCUT2D eigenvalue weighted by atomic mass is 35.5. The van der Waals surface area contributed by atoms with Gasteiger partial charge in [-0.2, -0.15) is 0 Å². The topological polar surface area (TPSA) is 113 Å². The number of hydrogen-bond acceptors (Lipinski definition) is 6. The van der Waals surface area contributed by atoms with Crippen LogP contribution in [0.3, 0.4) is 0 Å². The summed E-state index contributed by atoms with van der Waals surface area (Å²) in [6, 6.07) is 10.3. The van der Waals surface area contributed by atoms with Gasteiger partial charge < -0.3 is 15.6 Å². The Bertz CT molecular complexity index is 1600. The molecule has 8 nitrogen and oxygen atoms in total. The summed E-state index contributed by atoms with van der Waals surface area (Å²) in [7, 11) is 0. The van der Waals surface area contributed by atoms with Gasteiger partial charge in [0.1, 0.15) is 11.0 Å². The molecule has 0 saturated carbocycles. The fourth-order valence-electron chi connectivity index (χ4n) is 3.83. The first-order valence-corrected chi connectivity index (χ1v) is 11.9. The van der Waals surface area contributed by atoms with Gasteiger partial charge in [-0.1, -0.05) is 35.9 Å². The number of benzene rings is 2. The molecule has 4 aromatic rings. The molecular weight excluding hydrogens is 514 g/mol. The van der Waals surface area contributed by atoms with E-state index in [1.54, 1.807) is 18.6 Å². The Labute approximate surface area is 220 Å². The van der Waals surface area contributed by atoms with Gasteiger partial charge in [-0.15, -0.1) is 0 Å². The van der Waals surface area contributed by atoms with E-state index in [1.807, 2.05) is 30.4 Å². The number of Topliss-reactive ketones (excluding diaryl/α,β-unsaturated/α-hetero) is 1. The molecule has 3 N–H and O–H groups in total. The summed E-state index contributed by atoms with van der Waals surface area (Å²) in [5.74, 6) is -2.43. The molecule has 0 aliphatic carbocycles. The summed E-state index contributed by atoms with van der Waals surface area (Å²) in [5, 5.41) is 5.68. The lowest BCUT2D eigenvalue weighted by Gasteiger charge is -2.08. The Kier molecular flexibility index (Phi) is 7.05. The summed E-state index contributed by atoms with van der Waals surface area (Å²) in [6.45, 7) is 0. The fourth-order valence-corrected chi connectivity index (χ4v) is 4.02. The Hall–Kier alpha value is -4.70. The molecule has 0 fully saturated rings. The van der Waals surface area contributed by atoms with Crippen LogP contribution in [0.15, 0.2) is 61.1 Å². The third-order valence-corrected chi connectivity index (χ3v) is 5.82. The van der Waals surface area contributed by atoms with E-state index in [9.17, 15) is 18.4 Å². The van der Waals surface area contributed by atoms with Crippen molar-refractivity contribution in [3.8, 4) is 0 Å². The number of nitrogens with zero attached hydrogens (tertiary/aromatic N) is 3. The predicted molar refractivity (Wildman–Crippen MR) is 141 cm³/mol. The number of nitrogens with one attached hydrogen (secondary N) is 3. The van der Waals surface area contributed by atoms with Crippen LogP contribution in [0.5, 0.6) is 0 Å². The summed E-state index contributed by atoms with van der Waals surface area (Å²) in [6.07, 6.45) is 9.15. The van der Waals surface area contributed by atoms with E-state index >= 15 is 0 Å². The standard InChI is InChI=1S/C27H19ClF2N6O2/c28-24-12-25(33-16-6-8-20(29)21(30)11-16)36-26(35-24)23(37)4-2-1-3-15-5-7-18-19(10-17-13-31-14-32-17)27(38)34-22(18)9-15/h1,3,5-14H,2,4H2,(H,31,32)(H,34,38)(H,33,35,36)/b3-1+,19-10-. The van der Waals surface area contributed by atoms with E-state index in [4.69, 9.17) is 11.6 Å². The van der Waals surface area contributed by atoms with Crippen LogP contribution < -0.4 is 10.6 Å². The molecule has 0 spiro atoms. The number of rotatable bonds is 8. The van der Waals surface area contributed by atoms with Crippen LogP contribution >= 0.6 is 11.6 Å². The summed E-state index contributed by atoms with van der Waals surface area (Å²) in [5.41, 5.74) is 3.87. The maximum Gasteiger partial charge on any atom is 0.256 e. The van der Waals surface area contributed by atoms with Crippen LogP contribution in [0.25, 0.3) is 17.7 Å². The van der Waals surface area contributed by atoms with E-state index in [-0.39, 0.29) is 40.6 Å². The number of amides is 1. The van der Waals surface area contributed by atoms with Crippen molar-refractivity contribution in [3.63, 3.8) is 0 Å². The summed E-state index contributed by atoms with van der Waals surface area (Å²) < 4.78 is 26.6. The van der Waals surface area contributed by atoms with Crippen LogP contribution in [-0.2, 0) is 4.79 Å². The van der Waals surface area contributed by atoms with Crippen LogP contribution in [0.1, 0.15) is 40.3 Å². The van der Waals surface area contributed by atoms with E-state index in [1.165, 1.54) is 12.1 Å². The number of carbonyl (C=O) groups excluding carboxylic acids is 2. The average Bonchev–Trinajstić information content (AvgIpc) is 3.51. The van der Waals surface area contributed by atoms with Gasteiger partial charge in [0, 0.05) is 35.5 Å². The largest absolute Gasteiger partial charge is 0.345 e. The molecule has 2 aromatic heterocycles. The van der Waals surface area contributed by atoms with Crippen molar-refractivity contribution in [2.45, 2.75) is 12.8 Å². The lowest BCUT2D eigenvalue weighted by atomic mass is 10.0. The van der Waals surface area contributed by atoms with E-state index in [0.717, 1.165) is 29.0 Å². The minimum absolute atomic E-state index is 0.0325. The molecule has 38 heavy (non-hydrogen) atoms. The molecule has 0 saturated heterocycles. The Morgan fingerprint density at radius 2 is 1.95 bits per heavy atom. The zero-order chi connectivity index (χ0) is 26.6. The highest BCUT2D eigenvalue weighted by molar-refractivity contribution is 6.34. The minimum atomic E-state index is -1.02. The number of H-pyrrole nitrogens is 1. The number of fused-ring (bicyclic) bond motifs is 1. The highest BCUT2D eigenvalue weighted by Crippen LogP contribution is 2.34. The third kappa shape index (κ3) is 5.65. The van der Waals surface area contributed by atoms with Crippen molar-refractivity contribution in [1.29, 1.82) is 0 Å². The predicted octanol–water partition coefficient (Wildman–Crippen LogP) is 6.04. The number of imidazole rings is 1. The number of aromatic nitrogens is 4. The number of ketones is 1. The Morgan fingerprint density at radius 3 is 2.74 bits per heavy atom. The molecule has 0 bridgehead atoms. The van der Waals surface area contributed by atoms with Gasteiger partial charge in [0.25, 0.3) is 5.91 Å². The number of anilines is 3. The third-order valence-electron chi connectivity index (χ3n) is 5.63. The first-order valence-electron chi connectivity index (χ1n) is 11.5. The molecule has 1 amide bonds. The van der Waals surface area contributed by atoms with E-state index in [2.05, 4.69) is 30.6 Å². The number of hydrogen-bond donors (Lipinski definition) is 3. The molecule has 0 radical (unpaired) electrons. The maximum atomic E-state index is 13.5. The average molecular weight is 533 g/mol. The maximum absolute atomic E-state index is 13.5. The molecule has 11 heteroatoms. The smallest absolute Gasteiger partial charge is 0.256 e. The van der Waals surface area contributed by atoms with Crippen LogP contribution in [-0.4, -0.2) is 31.6 Å². The van der Waals surface area contributed by atoms with Crippen molar-refractivity contribution >= 4 is 58.2 Å². The first kappa shape index (κ1) is 25.0. The monoisotopic (exact) mass is 532 g/mol. The minimum Gasteiger partial charge on any atom is -0.345 e. The van der Waals surface area contributed by atoms with E-state index < -0.39 is 11.6 Å². The van der Waals surface area contributed by atoms with Crippen LogP contribution in [0.2, 0.25) is 5.15 Å². The first-order chi connectivity index (χ1) is 18.4. The molecule has 3 heterocycles. The van der Waals surface area contributed by atoms with Crippen molar-refractivity contribution in [1.82, 2.24) is 19.9 Å². The van der Waals surface area contributed by atoms with Crippen molar-refractivity contribution < 1.29 is 18.4 Å². The second-order valence-electron chi connectivity index (χ2n) is 8.34. The molecular formula is C27H19ClF2N6O2.